The molecule has 1 saturated heterocycles. The highest BCUT2D eigenvalue weighted by Crippen LogP contribution is 2.44. The van der Waals surface area contributed by atoms with Gasteiger partial charge in [-0.05, 0) is 55.4 Å². The van der Waals surface area contributed by atoms with Crippen molar-refractivity contribution in [1.29, 1.82) is 0 Å². The van der Waals surface area contributed by atoms with E-state index in [-0.39, 0.29) is 23.0 Å². The molecule has 0 unspecified atom stereocenters. The van der Waals surface area contributed by atoms with Crippen molar-refractivity contribution in [3.8, 4) is 22.6 Å². The fraction of sp³-hybridized carbons (Fsp3) is 0.348. The fourth-order valence-corrected chi connectivity index (χ4v) is 6.13. The van der Waals surface area contributed by atoms with Crippen LogP contribution in [0.2, 0.25) is 5.02 Å². The van der Waals surface area contributed by atoms with Crippen LogP contribution in [0.5, 0.6) is 0 Å². The second kappa shape index (κ2) is 8.06. The van der Waals surface area contributed by atoms with Crippen LogP contribution in [0.25, 0.3) is 22.6 Å². The van der Waals surface area contributed by atoms with Gasteiger partial charge in [0.2, 0.25) is 10.0 Å². The number of aliphatic hydroxyl groups is 1. The largest absolute Gasteiger partial charge is 0.393 e. The number of rotatable bonds is 5. The zero-order valence-electron chi connectivity index (χ0n) is 17.0. The number of H-pyrrole nitrogens is 1. The minimum Gasteiger partial charge on any atom is -0.393 e. The molecule has 0 amide bonds. The SMILES string of the molecule is O=S(=O)(c1cc(-c2nc(-c3ccccc3C3CC3)c[nH]2)ccc1Cl)N1CCC(O)CC1. The number of aliphatic hydroxyl groups excluding tert-OH is 1. The van der Waals surface area contributed by atoms with E-state index in [9.17, 15) is 13.5 Å². The van der Waals surface area contributed by atoms with Gasteiger partial charge in [-0.1, -0.05) is 35.9 Å². The van der Waals surface area contributed by atoms with Crippen LogP contribution in [0.3, 0.4) is 0 Å². The first kappa shape index (κ1) is 20.7. The number of aromatic amines is 1. The summed E-state index contributed by atoms with van der Waals surface area (Å²) in [7, 11) is -3.75. The Bertz CT molecular complexity index is 1210. The van der Waals surface area contributed by atoms with Gasteiger partial charge in [0.15, 0.2) is 0 Å². The number of hydrogen-bond donors (Lipinski definition) is 2. The lowest BCUT2D eigenvalue weighted by molar-refractivity contribution is 0.113. The first-order valence-corrected chi connectivity index (χ1v) is 12.4. The van der Waals surface area contributed by atoms with Crippen molar-refractivity contribution >= 4 is 21.6 Å². The number of imidazole rings is 1. The van der Waals surface area contributed by atoms with Crippen molar-refractivity contribution in [3.05, 3.63) is 59.2 Å². The summed E-state index contributed by atoms with van der Waals surface area (Å²) in [4.78, 5) is 8.02. The van der Waals surface area contributed by atoms with E-state index in [4.69, 9.17) is 16.6 Å². The van der Waals surface area contributed by atoms with Gasteiger partial charge in [-0.3, -0.25) is 0 Å². The van der Waals surface area contributed by atoms with E-state index in [0.29, 0.717) is 30.1 Å². The number of benzene rings is 2. The predicted molar refractivity (Wildman–Crippen MR) is 120 cm³/mol. The molecule has 0 spiro atoms. The number of halogens is 1. The van der Waals surface area contributed by atoms with E-state index in [1.165, 1.54) is 22.7 Å². The van der Waals surface area contributed by atoms with Gasteiger partial charge in [-0.15, -0.1) is 0 Å². The first-order valence-electron chi connectivity index (χ1n) is 10.6. The van der Waals surface area contributed by atoms with E-state index in [1.807, 2.05) is 12.3 Å². The van der Waals surface area contributed by atoms with Gasteiger partial charge in [0, 0.05) is 30.4 Å². The van der Waals surface area contributed by atoms with Crippen molar-refractivity contribution in [1.82, 2.24) is 14.3 Å². The molecular formula is C23H24ClN3O3S. The number of nitrogens with one attached hydrogen (secondary N) is 1. The Morgan fingerprint density at radius 3 is 2.55 bits per heavy atom. The lowest BCUT2D eigenvalue weighted by Gasteiger charge is -2.29. The fourth-order valence-electron chi connectivity index (χ4n) is 4.16. The molecule has 1 aliphatic carbocycles. The van der Waals surface area contributed by atoms with Gasteiger partial charge in [0.1, 0.15) is 10.7 Å². The Morgan fingerprint density at radius 1 is 1.06 bits per heavy atom. The molecule has 2 fully saturated rings. The maximum atomic E-state index is 13.2. The van der Waals surface area contributed by atoms with E-state index in [0.717, 1.165) is 11.3 Å². The Hall–Kier alpha value is -2.19. The molecule has 8 heteroatoms. The molecule has 2 N–H and O–H groups in total. The van der Waals surface area contributed by atoms with Crippen molar-refractivity contribution in [2.45, 2.75) is 42.6 Å². The summed E-state index contributed by atoms with van der Waals surface area (Å²) in [5.74, 6) is 1.20. The average Bonchev–Trinajstić information content (AvgIpc) is 3.51. The Balaban J connectivity index is 1.48. The zero-order chi connectivity index (χ0) is 21.6. The molecule has 31 heavy (non-hydrogen) atoms. The van der Waals surface area contributed by atoms with Crippen LogP contribution in [0.1, 0.15) is 37.2 Å². The Morgan fingerprint density at radius 2 is 1.81 bits per heavy atom. The first-order chi connectivity index (χ1) is 14.9. The number of nitrogens with zero attached hydrogens (tertiary/aromatic N) is 2. The second-order valence-corrected chi connectivity index (χ2v) is 10.6. The maximum absolute atomic E-state index is 13.2. The van der Waals surface area contributed by atoms with Crippen LogP contribution < -0.4 is 0 Å². The minimum absolute atomic E-state index is 0.0689. The van der Waals surface area contributed by atoms with Crippen LogP contribution >= 0.6 is 11.6 Å². The highest BCUT2D eigenvalue weighted by molar-refractivity contribution is 7.89. The lowest BCUT2D eigenvalue weighted by atomic mass is 10.0. The van der Waals surface area contributed by atoms with E-state index in [2.05, 4.69) is 23.2 Å². The van der Waals surface area contributed by atoms with Gasteiger partial charge in [0.25, 0.3) is 0 Å². The average molecular weight is 458 g/mol. The van der Waals surface area contributed by atoms with Crippen LogP contribution in [0, 0.1) is 0 Å². The molecule has 0 atom stereocenters. The lowest BCUT2D eigenvalue weighted by Crippen LogP contribution is -2.40. The van der Waals surface area contributed by atoms with Gasteiger partial charge >= 0.3 is 0 Å². The molecule has 0 bridgehead atoms. The molecule has 5 rings (SSSR count). The maximum Gasteiger partial charge on any atom is 0.244 e. The smallest absolute Gasteiger partial charge is 0.244 e. The van der Waals surface area contributed by atoms with Crippen LogP contribution in [0.4, 0.5) is 0 Å². The molecular weight excluding hydrogens is 434 g/mol. The van der Waals surface area contributed by atoms with Crippen LogP contribution in [0.15, 0.2) is 53.6 Å². The van der Waals surface area contributed by atoms with Gasteiger partial charge in [0.05, 0.1) is 16.8 Å². The molecule has 1 aromatic heterocycles. The summed E-state index contributed by atoms with van der Waals surface area (Å²) in [6, 6.07) is 13.3. The van der Waals surface area contributed by atoms with Crippen LogP contribution in [-0.4, -0.2) is 47.0 Å². The molecule has 1 saturated carbocycles. The molecule has 162 valence electrons. The second-order valence-electron chi connectivity index (χ2n) is 8.28. The third kappa shape index (κ3) is 4.03. The van der Waals surface area contributed by atoms with Gasteiger partial charge in [-0.25, -0.2) is 13.4 Å². The minimum atomic E-state index is -3.75. The van der Waals surface area contributed by atoms with Crippen LogP contribution in [-0.2, 0) is 10.0 Å². The third-order valence-corrected chi connectivity index (χ3v) is 8.46. The predicted octanol–water partition coefficient (Wildman–Crippen LogP) is 4.42. The van der Waals surface area contributed by atoms with E-state index >= 15 is 0 Å². The Labute approximate surface area is 187 Å². The summed E-state index contributed by atoms with van der Waals surface area (Å²) in [6.45, 7) is 0.569. The highest BCUT2D eigenvalue weighted by atomic mass is 35.5. The molecule has 2 aromatic carbocycles. The quantitative estimate of drug-likeness (QED) is 0.593. The van der Waals surface area contributed by atoms with Crippen molar-refractivity contribution in [2.75, 3.05) is 13.1 Å². The summed E-state index contributed by atoms with van der Waals surface area (Å²) in [5, 5.41) is 9.89. The summed E-state index contributed by atoms with van der Waals surface area (Å²) >= 11 is 6.29. The number of hydrogen-bond acceptors (Lipinski definition) is 4. The summed E-state index contributed by atoms with van der Waals surface area (Å²) in [6.07, 6.45) is 4.69. The molecule has 2 heterocycles. The molecule has 2 aliphatic rings. The molecule has 6 nitrogen and oxygen atoms in total. The van der Waals surface area contributed by atoms with E-state index < -0.39 is 16.1 Å². The Kier molecular flexibility index (Phi) is 5.38. The topological polar surface area (TPSA) is 86.3 Å². The third-order valence-electron chi connectivity index (χ3n) is 6.08. The monoisotopic (exact) mass is 457 g/mol. The van der Waals surface area contributed by atoms with Crippen molar-refractivity contribution < 1.29 is 13.5 Å². The zero-order valence-corrected chi connectivity index (χ0v) is 18.5. The normalized spacial score (nSPS) is 18.4. The highest BCUT2D eigenvalue weighted by Gasteiger charge is 2.31. The molecule has 0 radical (unpaired) electrons. The van der Waals surface area contributed by atoms with Gasteiger partial charge in [-0.2, -0.15) is 4.31 Å². The summed E-state index contributed by atoms with van der Waals surface area (Å²) < 4.78 is 27.8. The molecule has 1 aliphatic heterocycles. The van der Waals surface area contributed by atoms with E-state index in [1.54, 1.807) is 18.2 Å². The van der Waals surface area contributed by atoms with Gasteiger partial charge < -0.3 is 10.1 Å². The van der Waals surface area contributed by atoms with Crippen molar-refractivity contribution in [2.24, 2.45) is 0 Å². The number of sulfonamides is 1. The number of aromatic nitrogens is 2. The summed E-state index contributed by atoms with van der Waals surface area (Å²) in [5.41, 5.74) is 3.94. The standard InChI is InChI=1S/C23H24ClN3O3S/c24-20-8-7-16(13-22(20)31(29,30)27-11-9-17(28)10-12-27)23-25-14-21(26-23)19-4-2-1-3-18(19)15-5-6-15/h1-4,7-8,13-15,17,28H,5-6,9-12H2,(H,25,26). The number of piperidine rings is 1. The molecule has 3 aromatic rings. The van der Waals surface area contributed by atoms with Crippen molar-refractivity contribution in [3.63, 3.8) is 0 Å².